The first-order chi connectivity index (χ1) is 10.6. The van der Waals surface area contributed by atoms with Gasteiger partial charge in [0.1, 0.15) is 17.5 Å². The summed E-state index contributed by atoms with van der Waals surface area (Å²) in [7, 11) is 0. The second-order valence-corrected chi connectivity index (χ2v) is 5.62. The SMILES string of the molecule is Cc1cc([C@@H]2N[C@@H](C(=O)O)Cc3c2[nH]c2ccccc32)no1. The number of aliphatic carboxylic acids is 1. The highest BCUT2D eigenvalue weighted by Gasteiger charge is 2.35. The van der Waals surface area contributed by atoms with Crippen LogP contribution in [0.25, 0.3) is 10.9 Å². The number of hydrogen-bond acceptors (Lipinski definition) is 4. The summed E-state index contributed by atoms with van der Waals surface area (Å²) in [5.74, 6) is -0.159. The number of nitrogens with one attached hydrogen (secondary N) is 2. The number of aromatic amines is 1. The van der Waals surface area contributed by atoms with E-state index in [9.17, 15) is 9.90 Å². The van der Waals surface area contributed by atoms with Crippen molar-refractivity contribution in [1.82, 2.24) is 15.5 Å². The van der Waals surface area contributed by atoms with Crippen molar-refractivity contribution in [3.63, 3.8) is 0 Å². The summed E-state index contributed by atoms with van der Waals surface area (Å²) < 4.78 is 5.15. The number of carbonyl (C=O) groups is 1. The monoisotopic (exact) mass is 297 g/mol. The van der Waals surface area contributed by atoms with Gasteiger partial charge in [-0.25, -0.2) is 0 Å². The number of carboxylic acid groups (broad SMARTS) is 1. The third kappa shape index (κ3) is 1.92. The number of nitrogens with zero attached hydrogens (tertiary/aromatic N) is 1. The van der Waals surface area contributed by atoms with E-state index in [0.29, 0.717) is 17.9 Å². The number of H-pyrrole nitrogens is 1. The molecule has 1 aliphatic rings. The average molecular weight is 297 g/mol. The molecule has 6 heteroatoms. The molecule has 2 atom stereocenters. The molecule has 6 nitrogen and oxygen atoms in total. The van der Waals surface area contributed by atoms with E-state index in [2.05, 4.69) is 15.5 Å². The lowest BCUT2D eigenvalue weighted by Gasteiger charge is -2.27. The molecule has 3 aromatic rings. The van der Waals surface area contributed by atoms with E-state index in [0.717, 1.165) is 22.2 Å². The Labute approximate surface area is 126 Å². The average Bonchev–Trinajstić information content (AvgIpc) is 3.09. The van der Waals surface area contributed by atoms with Crippen LogP contribution in [0, 0.1) is 6.92 Å². The van der Waals surface area contributed by atoms with Crippen molar-refractivity contribution >= 4 is 16.9 Å². The van der Waals surface area contributed by atoms with Crippen molar-refractivity contribution in [2.24, 2.45) is 0 Å². The maximum Gasteiger partial charge on any atom is 0.321 e. The van der Waals surface area contributed by atoms with Crippen LogP contribution in [0.1, 0.15) is 28.8 Å². The first kappa shape index (κ1) is 13.1. The number of hydrogen-bond donors (Lipinski definition) is 3. The van der Waals surface area contributed by atoms with Crippen LogP contribution in [0.2, 0.25) is 0 Å². The fraction of sp³-hybridized carbons (Fsp3) is 0.250. The van der Waals surface area contributed by atoms with Gasteiger partial charge in [0, 0.05) is 29.1 Å². The summed E-state index contributed by atoms with van der Waals surface area (Å²) in [5.41, 5.74) is 3.70. The van der Waals surface area contributed by atoms with E-state index in [1.807, 2.05) is 37.3 Å². The Morgan fingerprint density at radius 2 is 2.23 bits per heavy atom. The van der Waals surface area contributed by atoms with Crippen LogP contribution in [0.5, 0.6) is 0 Å². The Bertz CT molecular complexity index is 865. The van der Waals surface area contributed by atoms with E-state index < -0.39 is 12.0 Å². The van der Waals surface area contributed by atoms with Gasteiger partial charge >= 0.3 is 5.97 Å². The third-order valence-corrected chi connectivity index (χ3v) is 4.15. The molecule has 22 heavy (non-hydrogen) atoms. The Kier molecular flexibility index (Phi) is 2.80. The van der Waals surface area contributed by atoms with E-state index in [1.165, 1.54) is 0 Å². The van der Waals surface area contributed by atoms with E-state index in [1.54, 1.807) is 0 Å². The minimum absolute atomic E-state index is 0.310. The molecular weight excluding hydrogens is 282 g/mol. The fourth-order valence-corrected chi connectivity index (χ4v) is 3.15. The van der Waals surface area contributed by atoms with Crippen LogP contribution in [-0.2, 0) is 11.2 Å². The molecule has 0 radical (unpaired) electrons. The Morgan fingerprint density at radius 3 is 2.95 bits per heavy atom. The van der Waals surface area contributed by atoms with Gasteiger partial charge in [-0.2, -0.15) is 0 Å². The number of fused-ring (bicyclic) bond motifs is 3. The Hall–Kier alpha value is -2.60. The molecule has 0 aliphatic carbocycles. The van der Waals surface area contributed by atoms with Gasteiger partial charge in [-0.1, -0.05) is 23.4 Å². The molecule has 0 saturated carbocycles. The number of aromatic nitrogens is 2. The molecule has 0 amide bonds. The molecule has 3 heterocycles. The van der Waals surface area contributed by atoms with Crippen LogP contribution in [-0.4, -0.2) is 27.3 Å². The molecule has 3 N–H and O–H groups in total. The van der Waals surface area contributed by atoms with Crippen LogP contribution >= 0.6 is 0 Å². The summed E-state index contributed by atoms with van der Waals surface area (Å²) in [4.78, 5) is 14.9. The van der Waals surface area contributed by atoms with Gasteiger partial charge in [0.05, 0.1) is 6.04 Å². The van der Waals surface area contributed by atoms with Crippen LogP contribution in [0.3, 0.4) is 0 Å². The number of carboxylic acids is 1. The van der Waals surface area contributed by atoms with Crippen molar-refractivity contribution in [3.8, 4) is 0 Å². The first-order valence-electron chi connectivity index (χ1n) is 7.15. The number of para-hydroxylation sites is 1. The predicted molar refractivity (Wildman–Crippen MR) is 79.6 cm³/mol. The van der Waals surface area contributed by atoms with Crippen molar-refractivity contribution in [3.05, 3.63) is 53.0 Å². The quantitative estimate of drug-likeness (QED) is 0.674. The summed E-state index contributed by atoms with van der Waals surface area (Å²) in [6.07, 6.45) is 0.446. The topological polar surface area (TPSA) is 91.2 Å². The highest BCUT2D eigenvalue weighted by Crippen LogP contribution is 2.34. The predicted octanol–water partition coefficient (Wildman–Crippen LogP) is 2.15. The van der Waals surface area contributed by atoms with E-state index in [-0.39, 0.29) is 6.04 Å². The summed E-state index contributed by atoms with van der Waals surface area (Å²) in [5, 5.41) is 17.7. The maximum absolute atomic E-state index is 11.5. The maximum atomic E-state index is 11.5. The number of rotatable bonds is 2. The molecule has 2 aromatic heterocycles. The molecule has 1 aromatic carbocycles. The molecule has 112 valence electrons. The largest absolute Gasteiger partial charge is 0.480 e. The molecule has 4 rings (SSSR count). The van der Waals surface area contributed by atoms with Gasteiger partial charge in [0.2, 0.25) is 0 Å². The van der Waals surface area contributed by atoms with Crippen LogP contribution < -0.4 is 5.32 Å². The Morgan fingerprint density at radius 1 is 1.41 bits per heavy atom. The third-order valence-electron chi connectivity index (χ3n) is 4.15. The smallest absolute Gasteiger partial charge is 0.321 e. The van der Waals surface area contributed by atoms with Crippen molar-refractivity contribution < 1.29 is 14.4 Å². The molecule has 0 bridgehead atoms. The standard InChI is InChI=1S/C16H15N3O3/c1-8-6-12(19-22-8)15-14-10(7-13(18-15)16(20)21)9-4-2-3-5-11(9)17-14/h2-6,13,15,17-18H,7H2,1H3,(H,20,21)/t13-,15+/m1/s1. The van der Waals surface area contributed by atoms with Crippen molar-refractivity contribution in [2.75, 3.05) is 0 Å². The van der Waals surface area contributed by atoms with Gasteiger partial charge in [-0.05, 0) is 18.6 Å². The van der Waals surface area contributed by atoms with Crippen LogP contribution in [0.4, 0.5) is 0 Å². The van der Waals surface area contributed by atoms with Crippen LogP contribution in [0.15, 0.2) is 34.9 Å². The van der Waals surface area contributed by atoms with Gasteiger partial charge < -0.3 is 14.6 Å². The first-order valence-corrected chi connectivity index (χ1v) is 7.15. The van der Waals surface area contributed by atoms with Gasteiger partial charge in [-0.15, -0.1) is 0 Å². The molecule has 0 spiro atoms. The van der Waals surface area contributed by atoms with Crippen molar-refractivity contribution in [1.29, 1.82) is 0 Å². The zero-order valence-corrected chi connectivity index (χ0v) is 12.0. The zero-order chi connectivity index (χ0) is 15.3. The molecular formula is C16H15N3O3. The second kappa shape index (κ2) is 4.71. The van der Waals surface area contributed by atoms with Crippen molar-refractivity contribution in [2.45, 2.75) is 25.4 Å². The van der Waals surface area contributed by atoms with E-state index in [4.69, 9.17) is 4.52 Å². The Balaban J connectivity index is 1.91. The molecule has 1 aliphatic heterocycles. The lowest BCUT2D eigenvalue weighted by atomic mass is 9.92. The number of benzene rings is 1. The lowest BCUT2D eigenvalue weighted by Crippen LogP contribution is -2.45. The van der Waals surface area contributed by atoms with E-state index >= 15 is 0 Å². The highest BCUT2D eigenvalue weighted by molar-refractivity contribution is 5.87. The van der Waals surface area contributed by atoms with Gasteiger partial charge in [-0.3, -0.25) is 10.1 Å². The minimum Gasteiger partial charge on any atom is -0.480 e. The van der Waals surface area contributed by atoms with Gasteiger partial charge in [0.15, 0.2) is 0 Å². The highest BCUT2D eigenvalue weighted by atomic mass is 16.5. The minimum atomic E-state index is -0.860. The summed E-state index contributed by atoms with van der Waals surface area (Å²) in [6, 6.07) is 8.81. The fourth-order valence-electron chi connectivity index (χ4n) is 3.15. The molecule has 0 saturated heterocycles. The lowest BCUT2D eigenvalue weighted by molar-refractivity contribution is -0.139. The summed E-state index contributed by atoms with van der Waals surface area (Å²) >= 11 is 0. The second-order valence-electron chi connectivity index (χ2n) is 5.62. The van der Waals surface area contributed by atoms with Gasteiger partial charge in [0.25, 0.3) is 0 Å². The zero-order valence-electron chi connectivity index (χ0n) is 12.0. The summed E-state index contributed by atoms with van der Waals surface area (Å²) in [6.45, 7) is 1.82. The normalized spacial score (nSPS) is 21.0. The number of aryl methyl sites for hydroxylation is 1. The molecule has 0 unspecified atom stereocenters. The molecule has 0 fully saturated rings.